The molecular formula is C15H18FNO2S. The summed E-state index contributed by atoms with van der Waals surface area (Å²) < 4.78 is 13.6. The number of carbonyl (C=O) groups is 1. The highest BCUT2D eigenvalue weighted by Crippen LogP contribution is 2.20. The normalized spacial score (nSPS) is 20.4. The molecule has 0 aliphatic carbocycles. The molecule has 1 aromatic carbocycles. The van der Waals surface area contributed by atoms with Gasteiger partial charge in [0.05, 0.1) is 0 Å². The van der Waals surface area contributed by atoms with Crippen LogP contribution in [0.15, 0.2) is 24.3 Å². The van der Waals surface area contributed by atoms with Crippen LogP contribution in [0.4, 0.5) is 4.39 Å². The van der Waals surface area contributed by atoms with Gasteiger partial charge in [0.2, 0.25) is 0 Å². The molecule has 2 rings (SSSR count). The fourth-order valence-corrected chi connectivity index (χ4v) is 3.41. The highest BCUT2D eigenvalue weighted by atomic mass is 32.2. The van der Waals surface area contributed by atoms with Crippen LogP contribution >= 0.6 is 11.8 Å². The van der Waals surface area contributed by atoms with Crippen LogP contribution in [0.2, 0.25) is 0 Å². The van der Waals surface area contributed by atoms with Gasteiger partial charge in [-0.15, -0.1) is 0 Å². The molecule has 1 fully saturated rings. The first-order chi connectivity index (χ1) is 9.52. The second kappa shape index (κ2) is 6.90. The summed E-state index contributed by atoms with van der Waals surface area (Å²) in [6.45, 7) is 4.91. The van der Waals surface area contributed by atoms with Crippen molar-refractivity contribution in [3.05, 3.63) is 41.2 Å². The number of halogens is 1. The molecular weight excluding hydrogens is 277 g/mol. The third kappa shape index (κ3) is 4.65. The van der Waals surface area contributed by atoms with Gasteiger partial charge in [-0.05, 0) is 29.3 Å². The van der Waals surface area contributed by atoms with Crippen LogP contribution < -0.4 is 0 Å². The molecule has 0 saturated carbocycles. The van der Waals surface area contributed by atoms with E-state index in [0.717, 1.165) is 30.5 Å². The maximum atomic E-state index is 13.6. The Hall–Kier alpha value is -1.33. The molecule has 1 N–H and O–H groups in total. The Bertz CT molecular complexity index is 519. The average molecular weight is 295 g/mol. The van der Waals surface area contributed by atoms with Crippen LogP contribution in [0.25, 0.3) is 6.08 Å². The third-order valence-electron chi connectivity index (χ3n) is 3.13. The molecule has 20 heavy (non-hydrogen) atoms. The number of carboxylic acid groups (broad SMARTS) is 1. The Labute approximate surface area is 122 Å². The lowest BCUT2D eigenvalue weighted by Crippen LogP contribution is -2.36. The Kier molecular flexibility index (Phi) is 5.20. The van der Waals surface area contributed by atoms with E-state index in [2.05, 4.69) is 11.8 Å². The molecule has 5 heteroatoms. The third-order valence-corrected chi connectivity index (χ3v) is 4.27. The van der Waals surface area contributed by atoms with Crippen LogP contribution in [0.3, 0.4) is 0 Å². The van der Waals surface area contributed by atoms with Crippen molar-refractivity contribution in [3.63, 3.8) is 0 Å². The van der Waals surface area contributed by atoms with Crippen molar-refractivity contribution in [1.29, 1.82) is 0 Å². The van der Waals surface area contributed by atoms with Gasteiger partial charge in [0.15, 0.2) is 0 Å². The molecule has 1 heterocycles. The molecule has 1 atom stereocenters. The Morgan fingerprint density at radius 2 is 2.35 bits per heavy atom. The van der Waals surface area contributed by atoms with Crippen molar-refractivity contribution >= 4 is 23.8 Å². The Balaban J connectivity index is 2.09. The van der Waals surface area contributed by atoms with Crippen molar-refractivity contribution in [2.24, 2.45) is 0 Å². The number of thioether (sulfide) groups is 1. The first-order valence-electron chi connectivity index (χ1n) is 6.57. The lowest BCUT2D eigenvalue weighted by atomic mass is 10.1. The molecule has 0 aromatic heterocycles. The van der Waals surface area contributed by atoms with Crippen molar-refractivity contribution in [2.45, 2.75) is 18.7 Å². The predicted molar refractivity (Wildman–Crippen MR) is 80.3 cm³/mol. The zero-order valence-corrected chi connectivity index (χ0v) is 12.2. The molecule has 1 aliphatic heterocycles. The topological polar surface area (TPSA) is 40.5 Å². The van der Waals surface area contributed by atoms with E-state index in [1.165, 1.54) is 18.2 Å². The molecule has 0 spiro atoms. The summed E-state index contributed by atoms with van der Waals surface area (Å²) >= 11 is 1.96. The van der Waals surface area contributed by atoms with E-state index in [-0.39, 0.29) is 5.82 Å². The summed E-state index contributed by atoms with van der Waals surface area (Å²) in [6, 6.07) is 4.71. The molecule has 0 radical (unpaired) electrons. The second-order valence-electron chi connectivity index (χ2n) is 4.98. The number of rotatable bonds is 4. The van der Waals surface area contributed by atoms with Crippen molar-refractivity contribution in [1.82, 2.24) is 4.90 Å². The summed E-state index contributed by atoms with van der Waals surface area (Å²) in [5.41, 5.74) is 1.47. The van der Waals surface area contributed by atoms with Gasteiger partial charge >= 0.3 is 5.97 Å². The van der Waals surface area contributed by atoms with Crippen LogP contribution in [-0.4, -0.2) is 40.1 Å². The largest absolute Gasteiger partial charge is 0.478 e. The van der Waals surface area contributed by atoms with E-state index in [0.29, 0.717) is 17.4 Å². The number of carboxylic acids is 1. The fourth-order valence-electron chi connectivity index (χ4n) is 2.32. The monoisotopic (exact) mass is 295 g/mol. The summed E-state index contributed by atoms with van der Waals surface area (Å²) in [6.07, 6.45) is 2.45. The standard InChI is InChI=1S/C15H18FNO2S/c1-11-9-17(4-5-20-11)10-13-6-12(2-3-15(18)19)7-14(16)8-13/h2-3,6-8,11H,4-5,9-10H2,1H3,(H,18,19)/b3-2+. The lowest BCUT2D eigenvalue weighted by Gasteiger charge is -2.30. The van der Waals surface area contributed by atoms with Crippen molar-refractivity contribution < 1.29 is 14.3 Å². The first-order valence-corrected chi connectivity index (χ1v) is 7.62. The van der Waals surface area contributed by atoms with Crippen LogP contribution in [0, 0.1) is 5.82 Å². The molecule has 1 aliphatic rings. The maximum Gasteiger partial charge on any atom is 0.328 e. The predicted octanol–water partition coefficient (Wildman–Crippen LogP) is 2.86. The van der Waals surface area contributed by atoms with E-state index in [4.69, 9.17) is 5.11 Å². The maximum absolute atomic E-state index is 13.6. The molecule has 3 nitrogen and oxygen atoms in total. The minimum atomic E-state index is -1.03. The highest BCUT2D eigenvalue weighted by molar-refractivity contribution is 7.99. The average Bonchev–Trinajstić information content (AvgIpc) is 2.35. The van der Waals surface area contributed by atoms with Crippen LogP contribution in [-0.2, 0) is 11.3 Å². The van der Waals surface area contributed by atoms with Crippen LogP contribution in [0.5, 0.6) is 0 Å². The van der Waals surface area contributed by atoms with Gasteiger partial charge < -0.3 is 5.11 Å². The Morgan fingerprint density at radius 3 is 3.05 bits per heavy atom. The van der Waals surface area contributed by atoms with Crippen molar-refractivity contribution in [2.75, 3.05) is 18.8 Å². The van der Waals surface area contributed by atoms with E-state index < -0.39 is 5.97 Å². The quantitative estimate of drug-likeness (QED) is 0.867. The molecule has 1 aromatic rings. The molecule has 1 saturated heterocycles. The van der Waals surface area contributed by atoms with Crippen molar-refractivity contribution in [3.8, 4) is 0 Å². The molecule has 108 valence electrons. The van der Waals surface area contributed by atoms with E-state index in [1.807, 2.05) is 17.8 Å². The van der Waals surface area contributed by atoms with E-state index in [1.54, 1.807) is 0 Å². The minimum absolute atomic E-state index is 0.327. The van der Waals surface area contributed by atoms with Gasteiger partial charge in [0.25, 0.3) is 0 Å². The van der Waals surface area contributed by atoms with Gasteiger partial charge in [-0.25, -0.2) is 9.18 Å². The molecule has 0 amide bonds. The first kappa shape index (κ1) is 15.1. The fraction of sp³-hybridized carbons (Fsp3) is 0.400. The zero-order chi connectivity index (χ0) is 14.5. The summed E-state index contributed by atoms with van der Waals surface area (Å²) in [4.78, 5) is 12.8. The number of nitrogens with zero attached hydrogens (tertiary/aromatic N) is 1. The summed E-state index contributed by atoms with van der Waals surface area (Å²) in [7, 11) is 0. The van der Waals surface area contributed by atoms with Gasteiger partial charge in [0, 0.05) is 36.7 Å². The summed E-state index contributed by atoms with van der Waals surface area (Å²) in [5, 5.41) is 9.21. The minimum Gasteiger partial charge on any atom is -0.478 e. The SMILES string of the molecule is CC1CN(Cc2cc(F)cc(/C=C/C(=O)O)c2)CCS1. The number of aliphatic carboxylic acids is 1. The number of hydrogen-bond acceptors (Lipinski definition) is 3. The van der Waals surface area contributed by atoms with Gasteiger partial charge in [-0.3, -0.25) is 4.90 Å². The van der Waals surface area contributed by atoms with Gasteiger partial charge in [-0.2, -0.15) is 11.8 Å². The van der Waals surface area contributed by atoms with Gasteiger partial charge in [0.1, 0.15) is 5.82 Å². The van der Waals surface area contributed by atoms with Crippen LogP contribution in [0.1, 0.15) is 18.1 Å². The van der Waals surface area contributed by atoms with E-state index in [9.17, 15) is 9.18 Å². The highest BCUT2D eigenvalue weighted by Gasteiger charge is 2.16. The lowest BCUT2D eigenvalue weighted by molar-refractivity contribution is -0.131. The molecule has 1 unspecified atom stereocenters. The number of hydrogen-bond donors (Lipinski definition) is 1. The zero-order valence-electron chi connectivity index (χ0n) is 11.4. The smallest absolute Gasteiger partial charge is 0.328 e. The number of benzene rings is 1. The Morgan fingerprint density at radius 1 is 1.55 bits per heavy atom. The second-order valence-corrected chi connectivity index (χ2v) is 6.53. The molecule has 0 bridgehead atoms. The summed E-state index contributed by atoms with van der Waals surface area (Å²) in [5.74, 6) is -0.257. The van der Waals surface area contributed by atoms with Gasteiger partial charge in [-0.1, -0.05) is 13.0 Å². The van der Waals surface area contributed by atoms with E-state index >= 15 is 0 Å².